The van der Waals surface area contributed by atoms with Crippen molar-refractivity contribution in [2.75, 3.05) is 29.9 Å². The molecule has 1 aromatic rings. The van der Waals surface area contributed by atoms with E-state index in [4.69, 9.17) is 0 Å². The maximum atomic E-state index is 12.6. The van der Waals surface area contributed by atoms with Crippen molar-refractivity contribution < 1.29 is 13.2 Å². The molecule has 6 nitrogen and oxygen atoms in total. The number of amidine groups is 1. The van der Waals surface area contributed by atoms with Gasteiger partial charge in [-0.05, 0) is 37.1 Å². The van der Waals surface area contributed by atoms with Crippen molar-refractivity contribution >= 4 is 38.4 Å². The van der Waals surface area contributed by atoms with Crippen LogP contribution in [0.3, 0.4) is 0 Å². The normalized spacial score (nSPS) is 27.5. The minimum atomic E-state index is -2.93. The number of fused-ring (bicyclic) bond motifs is 1. The average Bonchev–Trinajstić information content (AvgIpc) is 2.95. The van der Waals surface area contributed by atoms with Crippen molar-refractivity contribution in [1.82, 2.24) is 4.90 Å². The van der Waals surface area contributed by atoms with Crippen molar-refractivity contribution in [2.45, 2.75) is 37.0 Å². The summed E-state index contributed by atoms with van der Waals surface area (Å²) in [6.07, 6.45) is 4.58. The smallest absolute Gasteiger partial charge is 0.253 e. The Morgan fingerprint density at radius 2 is 1.77 bits per heavy atom. The molecule has 2 atom stereocenters. The first-order valence-corrected chi connectivity index (χ1v) is 11.8. The number of carbonyl (C=O) groups is 1. The molecule has 140 valence electrons. The molecule has 1 aromatic carbocycles. The fourth-order valence-electron chi connectivity index (χ4n) is 3.69. The maximum absolute atomic E-state index is 12.6. The van der Waals surface area contributed by atoms with Gasteiger partial charge in [0.25, 0.3) is 5.91 Å². The molecule has 3 aliphatic rings. The molecule has 0 spiro atoms. The van der Waals surface area contributed by atoms with E-state index in [0.717, 1.165) is 36.8 Å². The fraction of sp³-hybridized carbons (Fsp3) is 0.556. The molecule has 0 radical (unpaired) electrons. The zero-order valence-electron chi connectivity index (χ0n) is 14.6. The second-order valence-corrected chi connectivity index (χ2v) is 10.5. The van der Waals surface area contributed by atoms with Crippen molar-refractivity contribution in [3.8, 4) is 0 Å². The van der Waals surface area contributed by atoms with Gasteiger partial charge in [0.2, 0.25) is 0 Å². The summed E-state index contributed by atoms with van der Waals surface area (Å²) in [7, 11) is -2.93. The number of benzene rings is 1. The van der Waals surface area contributed by atoms with Crippen molar-refractivity contribution in [2.24, 2.45) is 4.99 Å². The van der Waals surface area contributed by atoms with E-state index in [1.807, 2.05) is 29.2 Å². The highest BCUT2D eigenvalue weighted by atomic mass is 32.2. The minimum absolute atomic E-state index is 0.0337. The Balaban J connectivity index is 1.38. The molecule has 8 heteroatoms. The van der Waals surface area contributed by atoms with Gasteiger partial charge in [0.1, 0.15) is 0 Å². The van der Waals surface area contributed by atoms with Crippen LogP contribution in [0.2, 0.25) is 0 Å². The Hall–Kier alpha value is -1.54. The van der Waals surface area contributed by atoms with Crippen molar-refractivity contribution in [3.63, 3.8) is 0 Å². The predicted molar refractivity (Wildman–Crippen MR) is 106 cm³/mol. The first-order chi connectivity index (χ1) is 12.5. The second kappa shape index (κ2) is 7.23. The minimum Gasteiger partial charge on any atom is -0.339 e. The first kappa shape index (κ1) is 17.9. The topological polar surface area (TPSA) is 78.8 Å². The van der Waals surface area contributed by atoms with Gasteiger partial charge in [-0.3, -0.25) is 9.79 Å². The van der Waals surface area contributed by atoms with Gasteiger partial charge in [0.15, 0.2) is 15.0 Å². The monoisotopic (exact) mass is 393 g/mol. The zero-order chi connectivity index (χ0) is 18.1. The third-order valence-electron chi connectivity index (χ3n) is 5.09. The van der Waals surface area contributed by atoms with Crippen LogP contribution in [0.1, 0.15) is 36.0 Å². The lowest BCUT2D eigenvalue weighted by Crippen LogP contribution is -2.31. The van der Waals surface area contributed by atoms with Crippen LogP contribution in [-0.2, 0) is 9.84 Å². The van der Waals surface area contributed by atoms with Gasteiger partial charge < -0.3 is 10.2 Å². The molecule has 0 aliphatic carbocycles. The predicted octanol–water partition coefficient (Wildman–Crippen LogP) is 2.38. The number of nitrogens with one attached hydrogen (secondary N) is 1. The Morgan fingerprint density at radius 1 is 1.08 bits per heavy atom. The van der Waals surface area contributed by atoms with E-state index in [9.17, 15) is 13.2 Å². The van der Waals surface area contributed by atoms with E-state index < -0.39 is 9.84 Å². The molecule has 1 N–H and O–H groups in total. The molecule has 2 fully saturated rings. The van der Waals surface area contributed by atoms with Crippen LogP contribution in [0.25, 0.3) is 0 Å². The zero-order valence-corrected chi connectivity index (χ0v) is 16.2. The van der Waals surface area contributed by atoms with Crippen LogP contribution < -0.4 is 5.32 Å². The van der Waals surface area contributed by atoms with Crippen LogP contribution in [-0.4, -0.2) is 60.3 Å². The van der Waals surface area contributed by atoms with E-state index in [0.29, 0.717) is 5.56 Å². The van der Waals surface area contributed by atoms with E-state index >= 15 is 0 Å². The summed E-state index contributed by atoms with van der Waals surface area (Å²) >= 11 is 1.50. The molecule has 0 unspecified atom stereocenters. The summed E-state index contributed by atoms with van der Waals surface area (Å²) in [6.45, 7) is 1.69. The molecule has 2 saturated heterocycles. The molecule has 3 heterocycles. The SMILES string of the molecule is O=C(c1ccc(NC2=N[C@H]3CS(=O)(=O)C[C@@H]3S2)cc1)N1CCCCCC1. The molecule has 0 aromatic heterocycles. The number of rotatable bonds is 2. The van der Waals surface area contributed by atoms with Gasteiger partial charge >= 0.3 is 0 Å². The largest absolute Gasteiger partial charge is 0.339 e. The molecular formula is C18H23N3O3S2. The van der Waals surface area contributed by atoms with Gasteiger partial charge in [0.05, 0.1) is 17.5 Å². The highest BCUT2D eigenvalue weighted by molar-refractivity contribution is 8.15. The van der Waals surface area contributed by atoms with Crippen LogP contribution in [0, 0.1) is 0 Å². The van der Waals surface area contributed by atoms with Crippen molar-refractivity contribution in [1.29, 1.82) is 0 Å². The average molecular weight is 394 g/mol. The number of aliphatic imine (C=N–C) groups is 1. The van der Waals surface area contributed by atoms with Crippen LogP contribution in [0.4, 0.5) is 5.69 Å². The van der Waals surface area contributed by atoms with Crippen LogP contribution in [0.5, 0.6) is 0 Å². The molecular weight excluding hydrogens is 370 g/mol. The number of thioether (sulfide) groups is 1. The third kappa shape index (κ3) is 3.91. The number of amides is 1. The Bertz CT molecular complexity index is 813. The summed E-state index contributed by atoms with van der Waals surface area (Å²) < 4.78 is 23.2. The van der Waals surface area contributed by atoms with Gasteiger partial charge in [-0.25, -0.2) is 8.42 Å². The number of hydrogen-bond donors (Lipinski definition) is 1. The van der Waals surface area contributed by atoms with E-state index in [-0.39, 0.29) is 28.7 Å². The van der Waals surface area contributed by atoms with Crippen LogP contribution in [0.15, 0.2) is 29.3 Å². The van der Waals surface area contributed by atoms with Gasteiger partial charge in [-0.1, -0.05) is 24.6 Å². The lowest BCUT2D eigenvalue weighted by molar-refractivity contribution is 0.0761. The Kier molecular flexibility index (Phi) is 4.96. The number of anilines is 1. The second-order valence-electron chi connectivity index (χ2n) is 7.14. The first-order valence-electron chi connectivity index (χ1n) is 9.11. The molecule has 26 heavy (non-hydrogen) atoms. The lowest BCUT2D eigenvalue weighted by Gasteiger charge is -2.20. The summed E-state index contributed by atoms with van der Waals surface area (Å²) in [5, 5.41) is 4.04. The van der Waals surface area contributed by atoms with Gasteiger partial charge in [-0.2, -0.15) is 0 Å². The highest BCUT2D eigenvalue weighted by Gasteiger charge is 2.42. The molecule has 0 bridgehead atoms. The highest BCUT2D eigenvalue weighted by Crippen LogP contribution is 2.34. The maximum Gasteiger partial charge on any atom is 0.253 e. The van der Waals surface area contributed by atoms with Gasteiger partial charge in [-0.15, -0.1) is 0 Å². The quantitative estimate of drug-likeness (QED) is 0.835. The third-order valence-corrected chi connectivity index (χ3v) is 8.24. The number of nitrogens with zero attached hydrogens (tertiary/aromatic N) is 2. The number of sulfone groups is 1. The summed E-state index contributed by atoms with van der Waals surface area (Å²) in [5.41, 5.74) is 1.58. The number of carbonyl (C=O) groups excluding carboxylic acids is 1. The fourth-order valence-corrected chi connectivity index (χ4v) is 7.37. The lowest BCUT2D eigenvalue weighted by atomic mass is 10.1. The van der Waals surface area contributed by atoms with Crippen molar-refractivity contribution in [3.05, 3.63) is 29.8 Å². The number of likely N-dealkylation sites (tertiary alicyclic amines) is 1. The Morgan fingerprint density at radius 3 is 2.42 bits per heavy atom. The summed E-state index contributed by atoms with van der Waals surface area (Å²) in [5.74, 6) is 0.463. The van der Waals surface area contributed by atoms with Crippen LogP contribution >= 0.6 is 11.8 Å². The van der Waals surface area contributed by atoms with Gasteiger partial charge in [0, 0.05) is 29.6 Å². The number of hydrogen-bond acceptors (Lipinski definition) is 6. The van der Waals surface area contributed by atoms with E-state index in [2.05, 4.69) is 10.3 Å². The molecule has 1 amide bonds. The standard InChI is InChI=1S/C18H23N3O3S2/c22-17(21-9-3-1-2-4-10-21)13-5-7-14(8-6-13)19-18-20-15-11-26(23,24)12-16(15)25-18/h5-8,15-16H,1-4,9-12H2,(H,19,20)/t15-,16-/m0/s1. The van der Waals surface area contributed by atoms with E-state index in [1.165, 1.54) is 24.6 Å². The Labute approximate surface area is 158 Å². The summed E-state index contributed by atoms with van der Waals surface area (Å²) in [6, 6.07) is 7.34. The molecule has 0 saturated carbocycles. The molecule has 4 rings (SSSR count). The van der Waals surface area contributed by atoms with E-state index in [1.54, 1.807) is 0 Å². The molecule has 3 aliphatic heterocycles. The summed E-state index contributed by atoms with van der Waals surface area (Å²) in [4.78, 5) is 19.1.